The molecule has 24 heavy (non-hydrogen) atoms. The van der Waals surface area contributed by atoms with Gasteiger partial charge in [0.2, 0.25) is 10.0 Å². The molecule has 2 rings (SSSR count). The molecule has 0 aliphatic heterocycles. The highest BCUT2D eigenvalue weighted by Crippen LogP contribution is 2.20. The molecule has 0 fully saturated rings. The topological polar surface area (TPSA) is 109 Å². The van der Waals surface area contributed by atoms with Crippen molar-refractivity contribution in [1.82, 2.24) is 15.6 Å². The summed E-state index contributed by atoms with van der Waals surface area (Å²) in [6.07, 6.45) is 0. The van der Waals surface area contributed by atoms with E-state index in [1.807, 2.05) is 0 Å². The highest BCUT2D eigenvalue weighted by molar-refractivity contribution is 7.91. The second kappa shape index (κ2) is 8.06. The van der Waals surface area contributed by atoms with Crippen LogP contribution in [-0.4, -0.2) is 26.4 Å². The summed E-state index contributed by atoms with van der Waals surface area (Å²) in [5.74, 6) is 1.04. The lowest BCUT2D eigenvalue weighted by Crippen LogP contribution is -2.36. The third kappa shape index (κ3) is 5.26. The SMILES string of the molecule is CN=C(NCc1ccc(S(N)(=O)=O)s1)NCc1nc(C(C)C)cs1. The third-order valence-electron chi connectivity index (χ3n) is 3.14. The van der Waals surface area contributed by atoms with Crippen LogP contribution in [0.3, 0.4) is 0 Å². The first-order valence-electron chi connectivity index (χ1n) is 7.30. The second-order valence-electron chi connectivity index (χ2n) is 5.37. The Morgan fingerprint density at radius 2 is 2.04 bits per heavy atom. The number of guanidine groups is 1. The van der Waals surface area contributed by atoms with Gasteiger partial charge in [-0.25, -0.2) is 18.5 Å². The van der Waals surface area contributed by atoms with Crippen LogP contribution >= 0.6 is 22.7 Å². The van der Waals surface area contributed by atoms with E-state index in [2.05, 4.69) is 39.8 Å². The molecule has 2 heterocycles. The number of aromatic nitrogens is 1. The van der Waals surface area contributed by atoms with Crippen molar-refractivity contribution in [3.05, 3.63) is 33.1 Å². The summed E-state index contributed by atoms with van der Waals surface area (Å²) >= 11 is 2.76. The number of primary sulfonamides is 1. The molecule has 0 bridgehead atoms. The molecular formula is C14H21N5O2S3. The highest BCUT2D eigenvalue weighted by atomic mass is 32.2. The smallest absolute Gasteiger partial charge is 0.247 e. The normalized spacial score (nSPS) is 12.6. The molecule has 2 aromatic heterocycles. The number of rotatable bonds is 6. The number of nitrogens with zero attached hydrogens (tertiary/aromatic N) is 2. The Kier molecular flexibility index (Phi) is 6.33. The molecule has 0 radical (unpaired) electrons. The number of sulfonamides is 1. The van der Waals surface area contributed by atoms with Crippen LogP contribution in [0.4, 0.5) is 0 Å². The zero-order chi connectivity index (χ0) is 17.7. The molecule has 7 nitrogen and oxygen atoms in total. The van der Waals surface area contributed by atoms with Crippen molar-refractivity contribution in [1.29, 1.82) is 0 Å². The van der Waals surface area contributed by atoms with Crippen molar-refractivity contribution in [2.24, 2.45) is 10.1 Å². The molecule has 0 aromatic carbocycles. The van der Waals surface area contributed by atoms with Gasteiger partial charge in [-0.05, 0) is 18.1 Å². The summed E-state index contributed by atoms with van der Waals surface area (Å²) in [5.41, 5.74) is 1.09. The number of nitrogens with two attached hydrogens (primary N) is 1. The molecule has 0 aliphatic rings. The van der Waals surface area contributed by atoms with Crippen LogP contribution in [0.2, 0.25) is 0 Å². The van der Waals surface area contributed by atoms with Crippen LogP contribution in [0.5, 0.6) is 0 Å². The van der Waals surface area contributed by atoms with Crippen molar-refractivity contribution in [3.63, 3.8) is 0 Å². The Hall–Kier alpha value is -1.49. The molecule has 10 heteroatoms. The van der Waals surface area contributed by atoms with Crippen molar-refractivity contribution >= 4 is 38.7 Å². The summed E-state index contributed by atoms with van der Waals surface area (Å²) in [5, 5.41) is 14.5. The van der Waals surface area contributed by atoms with E-state index in [0.717, 1.165) is 26.9 Å². The molecule has 0 amide bonds. The Morgan fingerprint density at radius 3 is 2.58 bits per heavy atom. The number of thiophene rings is 1. The van der Waals surface area contributed by atoms with Gasteiger partial charge in [0.25, 0.3) is 0 Å². The molecule has 0 saturated heterocycles. The quantitative estimate of drug-likeness (QED) is 0.517. The van der Waals surface area contributed by atoms with Gasteiger partial charge in [0.1, 0.15) is 9.22 Å². The summed E-state index contributed by atoms with van der Waals surface area (Å²) in [6.45, 7) is 5.28. The first-order valence-corrected chi connectivity index (χ1v) is 10.5. The van der Waals surface area contributed by atoms with Crippen LogP contribution in [0.25, 0.3) is 0 Å². The van der Waals surface area contributed by atoms with Gasteiger partial charge in [-0.3, -0.25) is 4.99 Å². The fourth-order valence-corrected chi connectivity index (χ4v) is 4.44. The van der Waals surface area contributed by atoms with Crippen LogP contribution in [-0.2, 0) is 23.1 Å². The minimum absolute atomic E-state index is 0.159. The Labute approximate surface area is 150 Å². The summed E-state index contributed by atoms with van der Waals surface area (Å²) < 4.78 is 22.7. The maximum Gasteiger partial charge on any atom is 0.247 e. The predicted molar refractivity (Wildman–Crippen MR) is 98.9 cm³/mol. The van der Waals surface area contributed by atoms with Gasteiger partial charge in [-0.1, -0.05) is 13.8 Å². The van der Waals surface area contributed by atoms with Crippen LogP contribution < -0.4 is 15.8 Å². The fraction of sp³-hybridized carbons (Fsp3) is 0.429. The van der Waals surface area contributed by atoms with Gasteiger partial charge < -0.3 is 10.6 Å². The van der Waals surface area contributed by atoms with E-state index >= 15 is 0 Å². The maximum absolute atomic E-state index is 11.3. The molecule has 132 valence electrons. The minimum atomic E-state index is -3.64. The first-order chi connectivity index (χ1) is 11.3. The Balaban J connectivity index is 1.87. The van der Waals surface area contributed by atoms with Crippen molar-refractivity contribution in [3.8, 4) is 0 Å². The average Bonchev–Trinajstić information content (AvgIpc) is 3.16. The largest absolute Gasteiger partial charge is 0.352 e. The van der Waals surface area contributed by atoms with E-state index in [1.165, 1.54) is 6.07 Å². The van der Waals surface area contributed by atoms with E-state index in [0.29, 0.717) is 25.0 Å². The first kappa shape index (κ1) is 18.8. The van der Waals surface area contributed by atoms with Crippen LogP contribution in [0, 0.1) is 0 Å². The lowest BCUT2D eigenvalue weighted by atomic mass is 10.2. The van der Waals surface area contributed by atoms with Crippen molar-refractivity contribution in [2.45, 2.75) is 37.1 Å². The third-order valence-corrected chi connectivity index (χ3v) is 6.53. The molecule has 0 spiro atoms. The van der Waals surface area contributed by atoms with Gasteiger partial charge in [-0.2, -0.15) is 0 Å². The maximum atomic E-state index is 11.3. The lowest BCUT2D eigenvalue weighted by Gasteiger charge is -2.09. The average molecular weight is 388 g/mol. The van der Waals surface area contributed by atoms with E-state index in [-0.39, 0.29) is 4.21 Å². The lowest BCUT2D eigenvalue weighted by molar-refractivity contribution is 0.600. The van der Waals surface area contributed by atoms with E-state index in [9.17, 15) is 8.42 Å². The van der Waals surface area contributed by atoms with Crippen molar-refractivity contribution < 1.29 is 8.42 Å². The molecule has 2 aromatic rings. The number of nitrogens with one attached hydrogen (secondary N) is 2. The predicted octanol–water partition coefficient (Wildman–Crippen LogP) is 1.84. The Bertz CT molecular complexity index is 808. The zero-order valence-electron chi connectivity index (χ0n) is 13.7. The number of hydrogen-bond acceptors (Lipinski definition) is 6. The molecule has 0 unspecified atom stereocenters. The summed E-state index contributed by atoms with van der Waals surface area (Å²) in [6, 6.07) is 3.25. The van der Waals surface area contributed by atoms with E-state index < -0.39 is 10.0 Å². The monoisotopic (exact) mass is 387 g/mol. The van der Waals surface area contributed by atoms with E-state index in [1.54, 1.807) is 24.5 Å². The molecule has 0 aliphatic carbocycles. The number of aliphatic imine (C=N–C) groups is 1. The van der Waals surface area contributed by atoms with Crippen molar-refractivity contribution in [2.75, 3.05) is 7.05 Å². The highest BCUT2D eigenvalue weighted by Gasteiger charge is 2.11. The van der Waals surface area contributed by atoms with Crippen LogP contribution in [0.15, 0.2) is 26.7 Å². The molecular weight excluding hydrogens is 366 g/mol. The molecule has 4 N–H and O–H groups in total. The molecule has 0 atom stereocenters. The minimum Gasteiger partial charge on any atom is -0.352 e. The van der Waals surface area contributed by atoms with E-state index in [4.69, 9.17) is 5.14 Å². The van der Waals surface area contributed by atoms with Gasteiger partial charge in [-0.15, -0.1) is 22.7 Å². The fourth-order valence-electron chi connectivity index (χ4n) is 1.83. The second-order valence-corrected chi connectivity index (χ2v) is 9.27. The number of thiazole rings is 1. The van der Waals surface area contributed by atoms with Gasteiger partial charge in [0.15, 0.2) is 5.96 Å². The van der Waals surface area contributed by atoms with Crippen LogP contribution in [0.1, 0.15) is 35.3 Å². The summed E-state index contributed by atoms with van der Waals surface area (Å²) in [7, 11) is -1.96. The summed E-state index contributed by atoms with van der Waals surface area (Å²) in [4.78, 5) is 9.57. The number of hydrogen-bond donors (Lipinski definition) is 3. The zero-order valence-corrected chi connectivity index (χ0v) is 16.2. The Morgan fingerprint density at radius 1 is 1.33 bits per heavy atom. The van der Waals surface area contributed by atoms with Gasteiger partial charge in [0, 0.05) is 17.3 Å². The van der Waals surface area contributed by atoms with Gasteiger partial charge in [0.05, 0.1) is 18.8 Å². The molecule has 0 saturated carbocycles. The van der Waals surface area contributed by atoms with Gasteiger partial charge >= 0.3 is 0 Å². The standard InChI is InChI=1S/C14H21N5O2S3/c1-9(2)11-8-22-12(19-11)7-18-14(16-3)17-6-10-4-5-13(23-10)24(15,20)21/h4-5,8-9H,6-7H2,1-3H3,(H2,15,20,21)(H2,16,17,18).